The topological polar surface area (TPSA) is 38.7 Å². The van der Waals surface area contributed by atoms with E-state index in [1.807, 2.05) is 51.1 Å². The van der Waals surface area contributed by atoms with Crippen LogP contribution in [0.1, 0.15) is 16.7 Å². The number of hydrogen-bond acceptors (Lipinski definition) is 3. The molecule has 0 fully saturated rings. The molecule has 0 amide bonds. The maximum Gasteiger partial charge on any atom is 0.432 e. The van der Waals surface area contributed by atoms with Crippen LogP contribution in [-0.2, 0) is 11.8 Å². The highest BCUT2D eigenvalue weighted by Gasteiger charge is 2.19. The van der Waals surface area contributed by atoms with Gasteiger partial charge in [-0.25, -0.2) is 0 Å². The zero-order chi connectivity index (χ0) is 14.8. The molecule has 0 bridgehead atoms. The van der Waals surface area contributed by atoms with Gasteiger partial charge in [0.25, 0.3) is 0 Å². The molecule has 3 nitrogen and oxygen atoms in total. The Morgan fingerprint density at radius 1 is 0.800 bits per heavy atom. The van der Waals surface area contributed by atoms with Crippen LogP contribution in [0, 0.1) is 20.8 Å². The van der Waals surface area contributed by atoms with Crippen molar-refractivity contribution < 1.29 is 13.9 Å². The molecular formula is C15H17O3PS. The van der Waals surface area contributed by atoms with Crippen molar-refractivity contribution in [1.82, 2.24) is 0 Å². The van der Waals surface area contributed by atoms with Crippen molar-refractivity contribution >= 4 is 18.5 Å². The van der Waals surface area contributed by atoms with Crippen LogP contribution in [-0.4, -0.2) is 4.89 Å². The molecule has 1 N–H and O–H groups in total. The summed E-state index contributed by atoms with van der Waals surface area (Å²) in [6, 6.07) is 13.0. The summed E-state index contributed by atoms with van der Waals surface area (Å²) in [7, 11) is 0. The first kappa shape index (κ1) is 15.0. The Hall–Kier alpha value is -1.35. The molecule has 0 saturated heterocycles. The lowest BCUT2D eigenvalue weighted by atomic mass is 10.1. The highest BCUT2D eigenvalue weighted by molar-refractivity contribution is 8.07. The summed E-state index contributed by atoms with van der Waals surface area (Å²) in [5, 5.41) is 0. The van der Waals surface area contributed by atoms with Gasteiger partial charge in [0.1, 0.15) is 11.5 Å². The zero-order valence-corrected chi connectivity index (χ0v) is 13.4. The average molecular weight is 308 g/mol. The van der Waals surface area contributed by atoms with Crippen molar-refractivity contribution in [3.63, 3.8) is 0 Å². The molecular weight excluding hydrogens is 291 g/mol. The van der Waals surface area contributed by atoms with Gasteiger partial charge in [-0.2, -0.15) is 0 Å². The molecule has 20 heavy (non-hydrogen) atoms. The van der Waals surface area contributed by atoms with Gasteiger partial charge in [0, 0.05) is 11.8 Å². The van der Waals surface area contributed by atoms with Crippen LogP contribution in [0.2, 0.25) is 0 Å². The molecule has 0 spiro atoms. The first-order valence-electron chi connectivity index (χ1n) is 6.21. The Morgan fingerprint density at radius 2 is 1.30 bits per heavy atom. The maximum absolute atomic E-state index is 10.2. The summed E-state index contributed by atoms with van der Waals surface area (Å²) in [5.74, 6) is 1.03. The van der Waals surface area contributed by atoms with Crippen molar-refractivity contribution in [3.8, 4) is 11.5 Å². The molecule has 2 rings (SSSR count). The normalized spacial score (nSPS) is 13.6. The van der Waals surface area contributed by atoms with Gasteiger partial charge in [0.15, 0.2) is 0 Å². The van der Waals surface area contributed by atoms with Crippen LogP contribution in [0.15, 0.2) is 42.5 Å². The minimum atomic E-state index is -3.36. The van der Waals surface area contributed by atoms with Crippen molar-refractivity contribution in [2.45, 2.75) is 20.8 Å². The van der Waals surface area contributed by atoms with Crippen molar-refractivity contribution in [3.05, 3.63) is 59.2 Å². The van der Waals surface area contributed by atoms with E-state index in [0.29, 0.717) is 11.5 Å². The Kier molecular flexibility index (Phi) is 4.48. The van der Waals surface area contributed by atoms with Crippen LogP contribution < -0.4 is 9.05 Å². The number of benzene rings is 2. The lowest BCUT2D eigenvalue weighted by molar-refractivity contribution is 0.377. The maximum atomic E-state index is 10.2. The number of aryl methyl sites for hydroxylation is 3. The van der Waals surface area contributed by atoms with E-state index in [4.69, 9.17) is 20.9 Å². The molecule has 2 aromatic carbocycles. The third kappa shape index (κ3) is 4.34. The summed E-state index contributed by atoms with van der Waals surface area (Å²) in [5.41, 5.74) is 3.20. The second-order valence-electron chi connectivity index (χ2n) is 4.79. The first-order chi connectivity index (χ1) is 9.34. The molecule has 0 aliphatic heterocycles. The monoisotopic (exact) mass is 308 g/mol. The minimum Gasteiger partial charge on any atom is -0.416 e. The Morgan fingerprint density at radius 3 is 1.85 bits per heavy atom. The fourth-order valence-electron chi connectivity index (χ4n) is 1.87. The third-order valence-electron chi connectivity index (χ3n) is 2.66. The molecule has 106 valence electrons. The fraction of sp³-hybridized carbons (Fsp3) is 0.200. The van der Waals surface area contributed by atoms with Crippen LogP contribution in [0.4, 0.5) is 0 Å². The highest BCUT2D eigenvalue weighted by Crippen LogP contribution is 2.45. The molecule has 0 aliphatic rings. The summed E-state index contributed by atoms with van der Waals surface area (Å²) in [4.78, 5) is 10.2. The van der Waals surface area contributed by atoms with Gasteiger partial charge in [-0.3, -0.25) is 0 Å². The lowest BCUT2D eigenvalue weighted by Gasteiger charge is -2.18. The van der Waals surface area contributed by atoms with Gasteiger partial charge in [0.05, 0.1) is 0 Å². The van der Waals surface area contributed by atoms with Gasteiger partial charge in [0.2, 0.25) is 0 Å². The predicted octanol–water partition coefficient (Wildman–Crippen LogP) is 4.29. The third-order valence-corrected chi connectivity index (χ3v) is 3.99. The SMILES string of the molecule is Cc1ccc(OP(O)(=S)Oc2cc(C)cc(C)c2)cc1. The molecule has 2 aromatic rings. The zero-order valence-electron chi connectivity index (χ0n) is 11.7. The van der Waals surface area contributed by atoms with Crippen LogP contribution in [0.25, 0.3) is 0 Å². The van der Waals surface area contributed by atoms with Crippen molar-refractivity contribution in [2.24, 2.45) is 0 Å². The van der Waals surface area contributed by atoms with Gasteiger partial charge in [-0.1, -0.05) is 23.8 Å². The van der Waals surface area contributed by atoms with E-state index in [1.165, 1.54) is 0 Å². The number of rotatable bonds is 4. The van der Waals surface area contributed by atoms with Gasteiger partial charge < -0.3 is 13.9 Å². The van der Waals surface area contributed by atoms with E-state index in [-0.39, 0.29) is 0 Å². The molecule has 0 aromatic heterocycles. The highest BCUT2D eigenvalue weighted by atomic mass is 32.5. The van der Waals surface area contributed by atoms with Gasteiger partial charge in [-0.05, 0) is 56.2 Å². The van der Waals surface area contributed by atoms with E-state index in [2.05, 4.69) is 0 Å². The van der Waals surface area contributed by atoms with E-state index in [0.717, 1.165) is 16.7 Å². The van der Waals surface area contributed by atoms with E-state index >= 15 is 0 Å². The first-order valence-corrected chi connectivity index (χ1v) is 8.80. The summed E-state index contributed by atoms with van der Waals surface area (Å²) >= 11 is 5.05. The summed E-state index contributed by atoms with van der Waals surface area (Å²) in [6.45, 7) is 2.54. The molecule has 0 aliphatic carbocycles. The standard InChI is InChI=1S/C15H17O3PS/c1-11-4-6-14(7-5-11)17-19(16,20)18-15-9-12(2)8-13(3)10-15/h4-10H,1-3H3,(H,16,20). The number of hydrogen-bond donors (Lipinski definition) is 1. The summed E-state index contributed by atoms with van der Waals surface area (Å²) in [6.07, 6.45) is 0. The van der Waals surface area contributed by atoms with Crippen molar-refractivity contribution in [1.29, 1.82) is 0 Å². The van der Waals surface area contributed by atoms with E-state index < -0.39 is 6.72 Å². The van der Waals surface area contributed by atoms with Crippen molar-refractivity contribution in [2.75, 3.05) is 0 Å². The average Bonchev–Trinajstić information content (AvgIpc) is 2.29. The molecule has 1 atom stereocenters. The van der Waals surface area contributed by atoms with Crippen LogP contribution in [0.5, 0.6) is 11.5 Å². The van der Waals surface area contributed by atoms with Crippen LogP contribution >= 0.6 is 6.72 Å². The van der Waals surface area contributed by atoms with E-state index in [9.17, 15) is 4.89 Å². The Balaban J connectivity index is 2.14. The minimum absolute atomic E-state index is 0.505. The van der Waals surface area contributed by atoms with E-state index in [1.54, 1.807) is 12.1 Å². The fourth-order valence-corrected chi connectivity index (χ4v) is 3.18. The Bertz CT molecular complexity index is 632. The second kappa shape index (κ2) is 5.96. The lowest BCUT2D eigenvalue weighted by Crippen LogP contribution is -2.00. The largest absolute Gasteiger partial charge is 0.432 e. The Labute approximate surface area is 124 Å². The predicted molar refractivity (Wildman–Crippen MR) is 84.9 cm³/mol. The smallest absolute Gasteiger partial charge is 0.416 e. The van der Waals surface area contributed by atoms with Crippen LogP contribution in [0.3, 0.4) is 0 Å². The molecule has 5 heteroatoms. The van der Waals surface area contributed by atoms with Gasteiger partial charge in [-0.15, -0.1) is 0 Å². The molecule has 1 unspecified atom stereocenters. The molecule has 0 heterocycles. The van der Waals surface area contributed by atoms with Gasteiger partial charge >= 0.3 is 6.72 Å². The molecule has 0 saturated carbocycles. The second-order valence-corrected chi connectivity index (χ2v) is 7.47. The molecule has 0 radical (unpaired) electrons. The summed E-state index contributed by atoms with van der Waals surface area (Å²) < 4.78 is 10.9. The quantitative estimate of drug-likeness (QED) is 0.855.